The average molecular weight is 625 g/mol. The van der Waals surface area contributed by atoms with Crippen LogP contribution in [-0.2, 0) is 38.5 Å². The Kier molecular flexibility index (Phi) is 5.93. The molecule has 0 radical (unpaired) electrons. The van der Waals surface area contributed by atoms with Gasteiger partial charge in [0.2, 0.25) is 0 Å². The van der Waals surface area contributed by atoms with Gasteiger partial charge < -0.3 is 22.9 Å². The van der Waals surface area contributed by atoms with E-state index in [1.165, 1.54) is 24.3 Å². The SMILES string of the molecule is Nc1ccc([N+](=O)[O-])c2c1Cc1c(N)c3c(c([N+](=O)[O-])c1C2)Cc1c(c(N)c2c(c1[N+](=O)[O-])Cc1c([N+](=O)[O-])ccc(N)c1C2)C3. The summed E-state index contributed by atoms with van der Waals surface area (Å²) in [7, 11) is 0. The number of hydrogen-bond donors (Lipinski definition) is 4. The largest absolute Gasteiger partial charge is 0.398 e. The lowest BCUT2D eigenvalue weighted by molar-refractivity contribution is -0.387. The van der Waals surface area contributed by atoms with Gasteiger partial charge in [0.05, 0.1) is 19.7 Å². The Morgan fingerprint density at radius 3 is 0.978 bits per heavy atom. The van der Waals surface area contributed by atoms with Gasteiger partial charge in [-0.15, -0.1) is 0 Å². The fraction of sp³-hybridized carbons (Fsp3) is 0.200. The van der Waals surface area contributed by atoms with Crippen molar-refractivity contribution in [2.24, 2.45) is 0 Å². The van der Waals surface area contributed by atoms with Crippen molar-refractivity contribution in [1.29, 1.82) is 0 Å². The molecule has 0 unspecified atom stereocenters. The van der Waals surface area contributed by atoms with Crippen LogP contribution in [0.3, 0.4) is 0 Å². The molecule has 4 aromatic rings. The van der Waals surface area contributed by atoms with Crippen LogP contribution in [0.15, 0.2) is 24.3 Å². The molecule has 3 aliphatic carbocycles. The molecule has 0 aromatic heterocycles. The van der Waals surface area contributed by atoms with Crippen molar-refractivity contribution in [1.82, 2.24) is 0 Å². The fourth-order valence-electron chi connectivity index (χ4n) is 7.57. The van der Waals surface area contributed by atoms with Crippen LogP contribution in [0.2, 0.25) is 0 Å². The van der Waals surface area contributed by atoms with Crippen molar-refractivity contribution in [2.45, 2.75) is 38.5 Å². The minimum atomic E-state index is -0.582. The van der Waals surface area contributed by atoms with Crippen LogP contribution in [0, 0.1) is 40.5 Å². The minimum absolute atomic E-state index is 0.0274. The van der Waals surface area contributed by atoms with E-state index in [0.29, 0.717) is 44.8 Å². The van der Waals surface area contributed by atoms with Crippen molar-refractivity contribution in [3.63, 3.8) is 0 Å². The molecule has 0 aliphatic heterocycles. The number of nitrogens with zero attached hydrogens (tertiary/aromatic N) is 4. The Morgan fingerprint density at radius 1 is 0.391 bits per heavy atom. The number of nitrogens with two attached hydrogens (primary N) is 4. The highest BCUT2D eigenvalue weighted by Crippen LogP contribution is 2.52. The van der Waals surface area contributed by atoms with Crippen LogP contribution < -0.4 is 22.9 Å². The molecule has 232 valence electrons. The topological polar surface area (TPSA) is 277 Å². The quantitative estimate of drug-likeness (QED) is 0.122. The first-order valence-corrected chi connectivity index (χ1v) is 14.1. The molecule has 0 saturated heterocycles. The molecule has 8 N–H and O–H groups in total. The third-order valence-electron chi connectivity index (χ3n) is 9.67. The first-order valence-electron chi connectivity index (χ1n) is 14.1. The Hall–Kier alpha value is -6.32. The normalized spacial score (nSPS) is 13.7. The lowest BCUT2D eigenvalue weighted by Crippen LogP contribution is -2.24. The van der Waals surface area contributed by atoms with Gasteiger partial charge in [0.15, 0.2) is 0 Å². The van der Waals surface area contributed by atoms with Crippen LogP contribution in [0.5, 0.6) is 0 Å². The van der Waals surface area contributed by atoms with E-state index in [0.717, 1.165) is 0 Å². The highest BCUT2D eigenvalue weighted by Gasteiger charge is 2.42. The van der Waals surface area contributed by atoms with Gasteiger partial charge in [0.25, 0.3) is 22.7 Å². The van der Waals surface area contributed by atoms with Crippen LogP contribution in [0.1, 0.15) is 66.8 Å². The van der Waals surface area contributed by atoms with Gasteiger partial charge in [-0.3, -0.25) is 40.5 Å². The first kappa shape index (κ1) is 28.5. The van der Waals surface area contributed by atoms with E-state index in [4.69, 9.17) is 22.9 Å². The maximum atomic E-state index is 12.7. The molecule has 0 fully saturated rings. The smallest absolute Gasteiger partial charge is 0.277 e. The molecule has 4 aromatic carbocycles. The summed E-state index contributed by atoms with van der Waals surface area (Å²) in [6.45, 7) is 0. The molecule has 0 spiro atoms. The second-order valence-corrected chi connectivity index (χ2v) is 11.7. The van der Waals surface area contributed by atoms with Gasteiger partial charge in [-0.25, -0.2) is 0 Å². The predicted octanol–water partition coefficient (Wildman–Crippen LogP) is 4.13. The second kappa shape index (κ2) is 9.59. The summed E-state index contributed by atoms with van der Waals surface area (Å²) in [5.74, 6) is 0. The van der Waals surface area contributed by atoms with Gasteiger partial charge in [-0.05, 0) is 45.5 Å². The maximum absolute atomic E-state index is 12.7. The summed E-state index contributed by atoms with van der Waals surface area (Å²) in [6.07, 6.45) is -0.603. The highest BCUT2D eigenvalue weighted by molar-refractivity contribution is 5.82. The number of nitro benzene ring substituents is 4. The molecule has 16 nitrogen and oxygen atoms in total. The summed E-state index contributed by atoms with van der Waals surface area (Å²) >= 11 is 0. The molecular weight excluding hydrogens is 600 g/mol. The molecule has 0 bridgehead atoms. The number of nitro groups is 4. The van der Waals surface area contributed by atoms with Gasteiger partial charge in [0.1, 0.15) is 0 Å². The zero-order chi connectivity index (χ0) is 32.9. The maximum Gasteiger partial charge on any atom is 0.277 e. The van der Waals surface area contributed by atoms with Crippen molar-refractivity contribution in [3.8, 4) is 0 Å². The number of hydrogen-bond acceptors (Lipinski definition) is 12. The molecule has 0 atom stereocenters. The van der Waals surface area contributed by atoms with Crippen LogP contribution in [0.25, 0.3) is 0 Å². The van der Waals surface area contributed by atoms with Gasteiger partial charge in [0, 0.05) is 107 Å². The Bertz CT molecular complexity index is 2030. The summed E-state index contributed by atoms with van der Waals surface area (Å²) in [4.78, 5) is 46.8. The van der Waals surface area contributed by atoms with E-state index >= 15 is 0 Å². The highest BCUT2D eigenvalue weighted by atomic mass is 16.6. The van der Waals surface area contributed by atoms with Gasteiger partial charge >= 0.3 is 0 Å². The van der Waals surface area contributed by atoms with E-state index in [1.807, 2.05) is 0 Å². The van der Waals surface area contributed by atoms with Crippen molar-refractivity contribution in [3.05, 3.63) is 131 Å². The second-order valence-electron chi connectivity index (χ2n) is 11.7. The lowest BCUT2D eigenvalue weighted by Gasteiger charge is -2.31. The molecule has 0 amide bonds. The van der Waals surface area contributed by atoms with Crippen LogP contribution in [0.4, 0.5) is 45.5 Å². The third-order valence-corrected chi connectivity index (χ3v) is 9.67. The number of nitrogen functional groups attached to an aromatic ring is 4. The van der Waals surface area contributed by atoms with E-state index in [9.17, 15) is 40.5 Å². The number of benzene rings is 4. The molecule has 0 heterocycles. The van der Waals surface area contributed by atoms with Crippen molar-refractivity contribution >= 4 is 45.5 Å². The third kappa shape index (κ3) is 3.79. The molecule has 16 heteroatoms. The first-order chi connectivity index (χ1) is 21.8. The summed E-state index contributed by atoms with van der Waals surface area (Å²) in [6, 6.07) is 5.36. The fourth-order valence-corrected chi connectivity index (χ4v) is 7.57. The van der Waals surface area contributed by atoms with E-state index in [1.54, 1.807) is 0 Å². The summed E-state index contributed by atoms with van der Waals surface area (Å²) in [5, 5.41) is 49.1. The molecule has 3 aliphatic rings. The molecule has 0 saturated carbocycles. The van der Waals surface area contributed by atoms with Crippen LogP contribution in [-0.4, -0.2) is 19.7 Å². The van der Waals surface area contributed by atoms with Crippen molar-refractivity contribution < 1.29 is 19.7 Å². The van der Waals surface area contributed by atoms with Gasteiger partial charge in [-0.2, -0.15) is 0 Å². The number of fused-ring (bicyclic) bond motifs is 6. The minimum Gasteiger partial charge on any atom is -0.398 e. The summed E-state index contributed by atoms with van der Waals surface area (Å²) in [5.41, 5.74) is 29.6. The standard InChI is InChI=1S/C30H24N8O8/c31-23-1-3-25(35(39)40)13-7-19-15(5-11(13)23)27(33)17-9-18-22(10-21(17)29(19)37(43)44)30(38(45)46)20-8-14-12(6-16(20)28(18)34)24(32)2-4-26(14)36(41)42/h1-4H,5-10,31-34H2. The monoisotopic (exact) mass is 624 g/mol. The molecule has 46 heavy (non-hydrogen) atoms. The predicted molar refractivity (Wildman–Crippen MR) is 167 cm³/mol. The molecular formula is C30H24N8O8. The average Bonchev–Trinajstić information content (AvgIpc) is 2.99. The Labute approximate surface area is 258 Å². The Balaban J connectivity index is 1.45. The van der Waals surface area contributed by atoms with E-state index in [2.05, 4.69) is 0 Å². The van der Waals surface area contributed by atoms with Crippen LogP contribution >= 0.6 is 0 Å². The zero-order valence-corrected chi connectivity index (χ0v) is 23.9. The molecule has 7 rings (SSSR count). The lowest BCUT2D eigenvalue weighted by atomic mass is 9.73. The van der Waals surface area contributed by atoms with Crippen molar-refractivity contribution in [2.75, 3.05) is 22.9 Å². The Morgan fingerprint density at radius 2 is 0.674 bits per heavy atom. The number of anilines is 4. The van der Waals surface area contributed by atoms with E-state index < -0.39 is 19.7 Å². The van der Waals surface area contributed by atoms with E-state index in [-0.39, 0.29) is 106 Å². The van der Waals surface area contributed by atoms with Gasteiger partial charge in [-0.1, -0.05) is 0 Å². The zero-order valence-electron chi connectivity index (χ0n) is 23.9. The number of rotatable bonds is 4. The summed E-state index contributed by atoms with van der Waals surface area (Å²) < 4.78 is 0.